The van der Waals surface area contributed by atoms with Crippen LogP contribution < -0.4 is 69.3 Å². The summed E-state index contributed by atoms with van der Waals surface area (Å²) in [7, 11) is 0. The third-order valence-electron chi connectivity index (χ3n) is 7.82. The number of aliphatic carboxylic acids is 2. The van der Waals surface area contributed by atoms with Crippen molar-refractivity contribution in [1.82, 2.24) is 0 Å². The van der Waals surface area contributed by atoms with Crippen molar-refractivity contribution in [3.63, 3.8) is 0 Å². The number of rotatable bonds is 30. The summed E-state index contributed by atoms with van der Waals surface area (Å²) in [5.74, 6) is -0.0830. The molecule has 0 rings (SSSR count). The Morgan fingerprint density at radius 3 is 0.690 bits per heavy atom. The first kappa shape index (κ1) is 49.8. The molecule has 0 heterocycles. The largest absolute Gasteiger partial charge is 1.00 e. The second-order valence-electron chi connectivity index (χ2n) is 13.1. The van der Waals surface area contributed by atoms with Crippen molar-refractivity contribution in [2.24, 2.45) is 11.8 Å². The Bertz CT molecular complexity index is 481. The van der Waals surface area contributed by atoms with Gasteiger partial charge in [0.25, 0.3) is 0 Å². The van der Waals surface area contributed by atoms with Crippen LogP contribution in [0, 0.1) is 11.8 Å². The molecule has 42 heavy (non-hydrogen) atoms. The van der Waals surface area contributed by atoms with Gasteiger partial charge in [0.15, 0.2) is 0 Å². The topological polar surface area (TPSA) is 80.3 Å². The second-order valence-corrected chi connectivity index (χ2v) is 13.1. The molecule has 0 aliphatic carbocycles. The Kier molecular flexibility index (Phi) is 49.7. The van der Waals surface area contributed by atoms with Crippen LogP contribution in [0.15, 0.2) is 0 Å². The standard InChI is InChI=1S/2C18H36O2.2Na/c2*1-17(2)15-13-11-9-7-5-3-4-6-8-10-12-14-16-18(19)20;;/h2*17H,3-16H2,1-2H3,(H,19,20);;/q;;2*+1/p-2. The normalized spacial score (nSPS) is 10.6. The van der Waals surface area contributed by atoms with Crippen LogP contribution in [0.25, 0.3) is 0 Å². The molecule has 0 spiro atoms. The van der Waals surface area contributed by atoms with Crippen molar-refractivity contribution in [2.75, 3.05) is 0 Å². The molecule has 0 aromatic heterocycles. The van der Waals surface area contributed by atoms with Gasteiger partial charge >= 0.3 is 59.1 Å². The first-order valence-electron chi connectivity index (χ1n) is 17.6. The third-order valence-corrected chi connectivity index (χ3v) is 7.82. The maximum atomic E-state index is 10.2. The van der Waals surface area contributed by atoms with E-state index in [1.807, 2.05) is 0 Å². The van der Waals surface area contributed by atoms with Crippen molar-refractivity contribution in [3.05, 3.63) is 0 Å². The summed E-state index contributed by atoms with van der Waals surface area (Å²) in [5, 5.41) is 20.4. The third kappa shape index (κ3) is 53.5. The molecule has 0 N–H and O–H groups in total. The molecule has 0 aromatic rings. The minimum Gasteiger partial charge on any atom is -0.550 e. The van der Waals surface area contributed by atoms with Gasteiger partial charge in [-0.2, -0.15) is 0 Å². The van der Waals surface area contributed by atoms with Crippen molar-refractivity contribution in [2.45, 2.75) is 207 Å². The van der Waals surface area contributed by atoms with Crippen LogP contribution in [0.1, 0.15) is 207 Å². The van der Waals surface area contributed by atoms with Crippen molar-refractivity contribution < 1.29 is 78.9 Å². The van der Waals surface area contributed by atoms with Gasteiger partial charge in [0.1, 0.15) is 0 Å². The Balaban J connectivity index is -0.000000328. The van der Waals surface area contributed by atoms with Crippen molar-refractivity contribution in [3.8, 4) is 0 Å². The van der Waals surface area contributed by atoms with Gasteiger partial charge in [-0.15, -0.1) is 0 Å². The molecule has 0 aromatic carbocycles. The summed E-state index contributed by atoms with van der Waals surface area (Å²) in [4.78, 5) is 20.4. The zero-order valence-corrected chi connectivity index (χ0v) is 33.6. The predicted molar refractivity (Wildman–Crippen MR) is 169 cm³/mol. The smallest absolute Gasteiger partial charge is 0.550 e. The first-order valence-corrected chi connectivity index (χ1v) is 17.6. The molecule has 4 nitrogen and oxygen atoms in total. The van der Waals surface area contributed by atoms with E-state index in [9.17, 15) is 19.8 Å². The number of carboxylic acids is 2. The zero-order chi connectivity index (χ0) is 30.1. The van der Waals surface area contributed by atoms with Crippen LogP contribution in [0.2, 0.25) is 0 Å². The van der Waals surface area contributed by atoms with Gasteiger partial charge in [0.2, 0.25) is 0 Å². The SMILES string of the molecule is CC(C)CCCCCCCCCCCCCCC(=O)[O-].CC(C)CCCCCCCCCCCCCCC(=O)[O-].[Na+].[Na+]. The van der Waals surface area contributed by atoms with E-state index in [1.54, 1.807) is 0 Å². The molecule has 0 atom stereocenters. The van der Waals surface area contributed by atoms with Crippen LogP contribution >= 0.6 is 0 Å². The van der Waals surface area contributed by atoms with Crippen LogP contribution in [0.4, 0.5) is 0 Å². The predicted octanol–water partition coefficient (Wildman–Crippen LogP) is 3.72. The van der Waals surface area contributed by atoms with Crippen molar-refractivity contribution in [1.29, 1.82) is 0 Å². The van der Waals surface area contributed by atoms with Gasteiger partial charge < -0.3 is 19.8 Å². The molecule has 0 saturated carbocycles. The summed E-state index contributed by atoms with van der Waals surface area (Å²) in [6.45, 7) is 9.22. The number of carbonyl (C=O) groups is 2. The van der Waals surface area contributed by atoms with E-state index in [4.69, 9.17) is 0 Å². The molecular weight excluding hydrogens is 542 g/mol. The van der Waals surface area contributed by atoms with E-state index in [0.717, 1.165) is 37.5 Å². The first-order chi connectivity index (χ1) is 19.3. The minimum absolute atomic E-state index is 0. The number of hydrogen-bond acceptors (Lipinski definition) is 4. The molecule has 0 radical (unpaired) electrons. The van der Waals surface area contributed by atoms with Gasteiger partial charge in [-0.25, -0.2) is 0 Å². The fourth-order valence-corrected chi connectivity index (χ4v) is 5.18. The van der Waals surface area contributed by atoms with E-state index in [-0.39, 0.29) is 72.0 Å². The monoisotopic (exact) mass is 613 g/mol. The molecule has 0 aliphatic heterocycles. The fourth-order valence-electron chi connectivity index (χ4n) is 5.18. The molecule has 0 saturated heterocycles. The van der Waals surface area contributed by atoms with E-state index < -0.39 is 11.9 Å². The summed E-state index contributed by atoms with van der Waals surface area (Å²) in [5.41, 5.74) is 0. The molecular formula is C36H70Na2O4. The summed E-state index contributed by atoms with van der Waals surface area (Å²) >= 11 is 0. The molecule has 0 unspecified atom stereocenters. The molecule has 240 valence electrons. The average molecular weight is 613 g/mol. The maximum absolute atomic E-state index is 10.2. The molecule has 6 heteroatoms. The van der Waals surface area contributed by atoms with E-state index in [2.05, 4.69) is 27.7 Å². The Morgan fingerprint density at radius 1 is 0.357 bits per heavy atom. The van der Waals surface area contributed by atoms with Crippen LogP contribution in [0.5, 0.6) is 0 Å². The minimum atomic E-state index is -0.904. The van der Waals surface area contributed by atoms with E-state index >= 15 is 0 Å². The van der Waals surface area contributed by atoms with E-state index in [0.29, 0.717) is 0 Å². The average Bonchev–Trinajstić information content (AvgIpc) is 2.88. The zero-order valence-electron chi connectivity index (χ0n) is 29.6. The van der Waals surface area contributed by atoms with Gasteiger partial charge in [-0.1, -0.05) is 182 Å². The molecule has 0 amide bonds. The molecule has 0 bridgehead atoms. The summed E-state index contributed by atoms with van der Waals surface area (Å²) < 4.78 is 0. The molecule has 0 aliphatic rings. The Labute approximate surface area is 307 Å². The second kappa shape index (κ2) is 41.9. The van der Waals surface area contributed by atoms with Gasteiger partial charge in [0, 0.05) is 11.9 Å². The maximum Gasteiger partial charge on any atom is 1.00 e. The fraction of sp³-hybridized carbons (Fsp3) is 0.944. The molecule has 0 fully saturated rings. The van der Waals surface area contributed by atoms with Crippen molar-refractivity contribution >= 4 is 11.9 Å². The van der Waals surface area contributed by atoms with Gasteiger partial charge in [0.05, 0.1) is 0 Å². The number of unbranched alkanes of at least 4 members (excludes halogenated alkanes) is 22. The Hall–Kier alpha value is 0.940. The summed E-state index contributed by atoms with van der Waals surface area (Å²) in [6, 6.07) is 0. The number of carboxylic acid groups (broad SMARTS) is 2. The quantitative estimate of drug-likeness (QED) is 0.0915. The van der Waals surface area contributed by atoms with Crippen LogP contribution in [-0.4, -0.2) is 11.9 Å². The van der Waals surface area contributed by atoms with E-state index in [1.165, 1.54) is 141 Å². The van der Waals surface area contributed by atoms with Crippen LogP contribution in [0.3, 0.4) is 0 Å². The Morgan fingerprint density at radius 2 is 0.524 bits per heavy atom. The van der Waals surface area contributed by atoms with Crippen LogP contribution in [-0.2, 0) is 9.59 Å². The summed E-state index contributed by atoms with van der Waals surface area (Å²) in [6.07, 6.45) is 34.0. The number of carbonyl (C=O) groups excluding carboxylic acids is 2. The van der Waals surface area contributed by atoms with Gasteiger partial charge in [-0.05, 0) is 37.5 Å². The van der Waals surface area contributed by atoms with Gasteiger partial charge in [-0.3, -0.25) is 0 Å². The number of hydrogen-bond donors (Lipinski definition) is 0.